The van der Waals surface area contributed by atoms with E-state index in [1.807, 2.05) is 24.3 Å². The van der Waals surface area contributed by atoms with Crippen LogP contribution in [0.5, 0.6) is 0 Å². The van der Waals surface area contributed by atoms with Crippen LogP contribution in [0.25, 0.3) is 0 Å². The molecule has 0 radical (unpaired) electrons. The number of carbonyl (C=O) groups excluding carboxylic acids is 2. The average molecular weight is 301 g/mol. The van der Waals surface area contributed by atoms with Crippen molar-refractivity contribution in [2.75, 3.05) is 16.8 Å². The van der Waals surface area contributed by atoms with Crippen LogP contribution in [0.1, 0.15) is 25.2 Å². The SMILES string of the molecule is CCc1ccc(N(CC(=O)Nc2cc(C)on2)C(C)=O)cc1. The van der Waals surface area contributed by atoms with E-state index in [9.17, 15) is 9.59 Å². The molecular formula is C16H19N3O3. The van der Waals surface area contributed by atoms with Crippen molar-refractivity contribution in [1.82, 2.24) is 5.16 Å². The number of amides is 2. The minimum absolute atomic E-state index is 0.0767. The zero-order chi connectivity index (χ0) is 16.1. The summed E-state index contributed by atoms with van der Waals surface area (Å²) in [6, 6.07) is 9.20. The molecule has 22 heavy (non-hydrogen) atoms. The molecule has 0 aliphatic heterocycles. The standard InChI is InChI=1S/C16H19N3O3/c1-4-13-5-7-14(8-6-13)19(12(3)20)10-16(21)17-15-9-11(2)22-18-15/h5-9H,4,10H2,1-3H3,(H,17,18,21). The Kier molecular flexibility index (Phi) is 4.93. The summed E-state index contributed by atoms with van der Waals surface area (Å²) >= 11 is 0. The summed E-state index contributed by atoms with van der Waals surface area (Å²) in [6.45, 7) is 5.15. The molecule has 6 nitrogen and oxygen atoms in total. The Morgan fingerprint density at radius 2 is 1.95 bits per heavy atom. The summed E-state index contributed by atoms with van der Waals surface area (Å²) in [5.41, 5.74) is 1.87. The van der Waals surface area contributed by atoms with E-state index >= 15 is 0 Å². The van der Waals surface area contributed by atoms with Crippen LogP contribution in [0, 0.1) is 6.92 Å². The predicted molar refractivity (Wildman–Crippen MR) is 83.7 cm³/mol. The maximum atomic E-state index is 12.0. The normalized spacial score (nSPS) is 10.3. The van der Waals surface area contributed by atoms with Crippen molar-refractivity contribution in [1.29, 1.82) is 0 Å². The van der Waals surface area contributed by atoms with Gasteiger partial charge in [0, 0.05) is 18.7 Å². The van der Waals surface area contributed by atoms with Crippen molar-refractivity contribution in [2.45, 2.75) is 27.2 Å². The van der Waals surface area contributed by atoms with E-state index in [4.69, 9.17) is 4.52 Å². The lowest BCUT2D eigenvalue weighted by Gasteiger charge is -2.20. The summed E-state index contributed by atoms with van der Waals surface area (Å²) in [5, 5.41) is 6.30. The molecule has 1 N–H and O–H groups in total. The van der Waals surface area contributed by atoms with Gasteiger partial charge in [-0.05, 0) is 31.0 Å². The Bertz CT molecular complexity index is 662. The van der Waals surface area contributed by atoms with Gasteiger partial charge < -0.3 is 14.7 Å². The number of nitrogens with one attached hydrogen (secondary N) is 1. The molecule has 2 rings (SSSR count). The number of anilines is 2. The van der Waals surface area contributed by atoms with Gasteiger partial charge in [-0.15, -0.1) is 0 Å². The number of aryl methyl sites for hydroxylation is 2. The smallest absolute Gasteiger partial charge is 0.245 e. The van der Waals surface area contributed by atoms with Crippen molar-refractivity contribution < 1.29 is 14.1 Å². The Hall–Kier alpha value is -2.63. The number of carbonyl (C=O) groups is 2. The number of aromatic nitrogens is 1. The van der Waals surface area contributed by atoms with E-state index < -0.39 is 0 Å². The summed E-state index contributed by atoms with van der Waals surface area (Å²) in [7, 11) is 0. The summed E-state index contributed by atoms with van der Waals surface area (Å²) in [6.07, 6.45) is 0.923. The van der Waals surface area contributed by atoms with Crippen molar-refractivity contribution in [2.24, 2.45) is 0 Å². The van der Waals surface area contributed by atoms with Gasteiger partial charge in [0.05, 0.1) is 0 Å². The predicted octanol–water partition coefficient (Wildman–Crippen LogP) is 2.54. The highest BCUT2D eigenvalue weighted by Crippen LogP contribution is 2.16. The topological polar surface area (TPSA) is 75.4 Å². The second-order valence-corrected chi connectivity index (χ2v) is 5.00. The van der Waals surface area contributed by atoms with Crippen LogP contribution in [-0.4, -0.2) is 23.5 Å². The third-order valence-corrected chi connectivity index (χ3v) is 3.23. The van der Waals surface area contributed by atoms with Gasteiger partial charge in [0.2, 0.25) is 11.8 Å². The number of hydrogen-bond donors (Lipinski definition) is 1. The molecule has 116 valence electrons. The lowest BCUT2D eigenvalue weighted by molar-refractivity contribution is -0.120. The second-order valence-electron chi connectivity index (χ2n) is 5.00. The lowest BCUT2D eigenvalue weighted by Crippen LogP contribution is -2.36. The van der Waals surface area contributed by atoms with Crippen molar-refractivity contribution in [3.05, 3.63) is 41.7 Å². The molecule has 0 fully saturated rings. The van der Waals surface area contributed by atoms with Crippen LogP contribution < -0.4 is 10.2 Å². The Labute approximate surface area is 129 Å². The van der Waals surface area contributed by atoms with Gasteiger partial charge in [0.15, 0.2) is 5.82 Å². The highest BCUT2D eigenvalue weighted by molar-refractivity contribution is 6.01. The van der Waals surface area contributed by atoms with Gasteiger partial charge in [-0.2, -0.15) is 0 Å². The quantitative estimate of drug-likeness (QED) is 0.920. The zero-order valence-corrected chi connectivity index (χ0v) is 12.9. The largest absolute Gasteiger partial charge is 0.360 e. The van der Waals surface area contributed by atoms with Crippen LogP contribution >= 0.6 is 0 Å². The molecule has 0 bridgehead atoms. The fourth-order valence-electron chi connectivity index (χ4n) is 2.05. The molecule has 0 aliphatic rings. The summed E-state index contributed by atoms with van der Waals surface area (Å²) in [4.78, 5) is 25.3. The number of nitrogens with zero attached hydrogens (tertiary/aromatic N) is 2. The molecular weight excluding hydrogens is 282 g/mol. The molecule has 0 atom stereocenters. The van der Waals surface area contributed by atoms with E-state index in [1.165, 1.54) is 17.4 Å². The van der Waals surface area contributed by atoms with Crippen LogP contribution in [0.4, 0.5) is 11.5 Å². The minimum Gasteiger partial charge on any atom is -0.360 e. The molecule has 0 unspecified atom stereocenters. The van der Waals surface area contributed by atoms with E-state index in [0.29, 0.717) is 17.3 Å². The molecule has 2 aromatic rings. The number of benzene rings is 1. The first kappa shape index (κ1) is 15.8. The molecule has 0 saturated carbocycles. The van der Waals surface area contributed by atoms with Crippen molar-refractivity contribution in [3.63, 3.8) is 0 Å². The average Bonchev–Trinajstić information content (AvgIpc) is 2.89. The highest BCUT2D eigenvalue weighted by Gasteiger charge is 2.16. The van der Waals surface area contributed by atoms with Crippen LogP contribution in [-0.2, 0) is 16.0 Å². The maximum Gasteiger partial charge on any atom is 0.245 e. The molecule has 0 spiro atoms. The molecule has 0 aliphatic carbocycles. The van der Waals surface area contributed by atoms with Gasteiger partial charge in [0.25, 0.3) is 0 Å². The Morgan fingerprint density at radius 1 is 1.27 bits per heavy atom. The van der Waals surface area contributed by atoms with E-state index in [-0.39, 0.29) is 18.4 Å². The van der Waals surface area contributed by atoms with Crippen LogP contribution in [0.2, 0.25) is 0 Å². The fraction of sp³-hybridized carbons (Fsp3) is 0.312. The Morgan fingerprint density at radius 3 is 2.45 bits per heavy atom. The third kappa shape index (κ3) is 3.94. The maximum absolute atomic E-state index is 12.0. The van der Waals surface area contributed by atoms with Crippen molar-refractivity contribution >= 4 is 23.3 Å². The van der Waals surface area contributed by atoms with Gasteiger partial charge >= 0.3 is 0 Å². The van der Waals surface area contributed by atoms with Gasteiger partial charge in [-0.3, -0.25) is 9.59 Å². The van der Waals surface area contributed by atoms with Crippen LogP contribution in [0.15, 0.2) is 34.9 Å². The summed E-state index contributed by atoms with van der Waals surface area (Å²) < 4.78 is 4.88. The first-order valence-electron chi connectivity index (χ1n) is 7.09. The molecule has 6 heteroatoms. The first-order chi connectivity index (χ1) is 10.5. The Balaban J connectivity index is 2.07. The monoisotopic (exact) mass is 301 g/mol. The van der Waals surface area contributed by atoms with E-state index in [2.05, 4.69) is 17.4 Å². The number of rotatable bonds is 5. The van der Waals surface area contributed by atoms with Crippen molar-refractivity contribution in [3.8, 4) is 0 Å². The zero-order valence-electron chi connectivity index (χ0n) is 12.9. The second kappa shape index (κ2) is 6.89. The summed E-state index contributed by atoms with van der Waals surface area (Å²) in [5.74, 6) is 0.417. The molecule has 1 heterocycles. The van der Waals surface area contributed by atoms with Gasteiger partial charge in [0.1, 0.15) is 12.3 Å². The minimum atomic E-state index is -0.330. The van der Waals surface area contributed by atoms with Crippen LogP contribution in [0.3, 0.4) is 0 Å². The highest BCUT2D eigenvalue weighted by atomic mass is 16.5. The number of hydrogen-bond acceptors (Lipinski definition) is 4. The fourth-order valence-corrected chi connectivity index (χ4v) is 2.05. The third-order valence-electron chi connectivity index (χ3n) is 3.23. The van der Waals surface area contributed by atoms with Gasteiger partial charge in [-0.25, -0.2) is 0 Å². The van der Waals surface area contributed by atoms with E-state index in [0.717, 1.165) is 6.42 Å². The first-order valence-corrected chi connectivity index (χ1v) is 7.09. The lowest BCUT2D eigenvalue weighted by atomic mass is 10.1. The molecule has 1 aromatic heterocycles. The molecule has 0 saturated heterocycles. The molecule has 2 amide bonds. The molecule has 1 aromatic carbocycles. The van der Waals surface area contributed by atoms with E-state index in [1.54, 1.807) is 13.0 Å². The van der Waals surface area contributed by atoms with Gasteiger partial charge in [-0.1, -0.05) is 24.2 Å².